The number of nitrogens with one attached hydrogen (secondary N) is 3. The lowest BCUT2D eigenvalue weighted by atomic mass is 9.85. The minimum Gasteiger partial charge on any atom is -0.357 e. The summed E-state index contributed by atoms with van der Waals surface area (Å²) in [5.74, 6) is 1.33. The number of nitrogens with zero attached hydrogens (tertiary/aromatic N) is 2. The third-order valence-corrected chi connectivity index (χ3v) is 4.05. The van der Waals surface area contributed by atoms with Crippen molar-refractivity contribution in [3.05, 3.63) is 24.5 Å². The fraction of sp³-hybridized carbons (Fsp3) is 0.647. The van der Waals surface area contributed by atoms with Gasteiger partial charge in [0.15, 0.2) is 5.96 Å². The van der Waals surface area contributed by atoms with Gasteiger partial charge in [0.2, 0.25) is 5.91 Å². The third-order valence-electron chi connectivity index (χ3n) is 4.05. The van der Waals surface area contributed by atoms with Crippen LogP contribution in [0.25, 0.3) is 0 Å². The molecule has 6 heteroatoms. The summed E-state index contributed by atoms with van der Waals surface area (Å²) < 4.78 is 2.13. The first-order valence-corrected chi connectivity index (χ1v) is 8.70. The van der Waals surface area contributed by atoms with Crippen LogP contribution in [0.1, 0.15) is 32.6 Å². The summed E-state index contributed by atoms with van der Waals surface area (Å²) >= 11 is 0. The minimum atomic E-state index is 0.219. The van der Waals surface area contributed by atoms with E-state index in [1.54, 1.807) is 0 Å². The van der Waals surface area contributed by atoms with Gasteiger partial charge in [-0.05, 0) is 38.3 Å². The van der Waals surface area contributed by atoms with Crippen molar-refractivity contribution in [3.63, 3.8) is 0 Å². The number of carbonyl (C=O) groups excluding carboxylic acids is 1. The molecule has 0 spiro atoms. The molecule has 128 valence electrons. The Labute approximate surface area is 138 Å². The Kier molecular flexibility index (Phi) is 7.49. The highest BCUT2D eigenvalue weighted by molar-refractivity contribution is 5.80. The molecule has 1 aliphatic rings. The second-order valence-electron chi connectivity index (χ2n) is 5.88. The third kappa shape index (κ3) is 6.34. The van der Waals surface area contributed by atoms with Gasteiger partial charge in [0.25, 0.3) is 0 Å². The molecular formula is C17H29N5O. The molecule has 6 nitrogen and oxygen atoms in total. The summed E-state index contributed by atoms with van der Waals surface area (Å²) in [4.78, 5) is 16.2. The molecule has 2 rings (SSSR count). The van der Waals surface area contributed by atoms with Gasteiger partial charge in [-0.25, -0.2) is 0 Å². The molecule has 1 aliphatic carbocycles. The van der Waals surface area contributed by atoms with E-state index >= 15 is 0 Å². The SMILES string of the molecule is CCNC(=NCCCNC(=O)C1CCC1)NCCn1cccc1. The summed E-state index contributed by atoms with van der Waals surface area (Å²) in [6.07, 6.45) is 8.28. The molecule has 0 bridgehead atoms. The Morgan fingerprint density at radius 1 is 1.17 bits per heavy atom. The number of hydrogen-bond donors (Lipinski definition) is 3. The molecule has 1 fully saturated rings. The monoisotopic (exact) mass is 319 g/mol. The molecule has 1 aromatic rings. The Morgan fingerprint density at radius 3 is 2.61 bits per heavy atom. The van der Waals surface area contributed by atoms with E-state index in [9.17, 15) is 4.79 Å². The summed E-state index contributed by atoms with van der Waals surface area (Å²) in [5, 5.41) is 9.57. The van der Waals surface area contributed by atoms with Crippen molar-refractivity contribution in [1.82, 2.24) is 20.5 Å². The highest BCUT2D eigenvalue weighted by Crippen LogP contribution is 2.25. The lowest BCUT2D eigenvalue weighted by molar-refractivity contribution is -0.127. The topological polar surface area (TPSA) is 70.4 Å². The van der Waals surface area contributed by atoms with Crippen LogP contribution in [0.3, 0.4) is 0 Å². The first kappa shape index (κ1) is 17.4. The van der Waals surface area contributed by atoms with E-state index in [4.69, 9.17) is 0 Å². The van der Waals surface area contributed by atoms with Gasteiger partial charge < -0.3 is 20.5 Å². The van der Waals surface area contributed by atoms with Gasteiger partial charge in [-0.3, -0.25) is 9.79 Å². The number of amides is 1. The predicted octanol–water partition coefficient (Wildman–Crippen LogP) is 1.35. The van der Waals surface area contributed by atoms with Crippen LogP contribution in [0, 0.1) is 5.92 Å². The van der Waals surface area contributed by atoms with Gasteiger partial charge in [0.1, 0.15) is 0 Å². The van der Waals surface area contributed by atoms with Crippen LogP contribution in [0.5, 0.6) is 0 Å². The Bertz CT molecular complexity index is 479. The second kappa shape index (κ2) is 9.92. The molecule has 0 unspecified atom stereocenters. The zero-order chi connectivity index (χ0) is 16.3. The molecule has 23 heavy (non-hydrogen) atoms. The van der Waals surface area contributed by atoms with Gasteiger partial charge in [-0.15, -0.1) is 0 Å². The van der Waals surface area contributed by atoms with Crippen LogP contribution in [-0.4, -0.2) is 42.6 Å². The average Bonchev–Trinajstić information content (AvgIpc) is 2.98. The summed E-state index contributed by atoms with van der Waals surface area (Å²) in [6, 6.07) is 4.05. The fourth-order valence-corrected chi connectivity index (χ4v) is 2.46. The number of guanidine groups is 1. The standard InChI is InChI=1S/C17H29N5O/c1-2-18-17(21-11-14-22-12-3-4-13-22)20-10-6-9-19-16(23)15-7-5-8-15/h3-4,12-13,15H,2,5-11,14H2,1H3,(H,19,23)(H2,18,20,21). The minimum absolute atomic E-state index is 0.219. The highest BCUT2D eigenvalue weighted by Gasteiger charge is 2.24. The quantitative estimate of drug-likeness (QED) is 0.365. The average molecular weight is 319 g/mol. The van der Waals surface area contributed by atoms with E-state index in [2.05, 4.69) is 44.8 Å². The number of aliphatic imine (C=N–C) groups is 1. The molecule has 1 heterocycles. The van der Waals surface area contributed by atoms with Crippen LogP contribution in [-0.2, 0) is 11.3 Å². The van der Waals surface area contributed by atoms with Crippen LogP contribution >= 0.6 is 0 Å². The van der Waals surface area contributed by atoms with Crippen LogP contribution in [0.15, 0.2) is 29.5 Å². The van der Waals surface area contributed by atoms with Crippen molar-refractivity contribution in [2.45, 2.75) is 39.2 Å². The van der Waals surface area contributed by atoms with Crippen LogP contribution < -0.4 is 16.0 Å². The summed E-state index contributed by atoms with van der Waals surface area (Å²) in [7, 11) is 0. The lowest BCUT2D eigenvalue weighted by Gasteiger charge is -2.23. The van der Waals surface area contributed by atoms with Crippen LogP contribution in [0.4, 0.5) is 0 Å². The van der Waals surface area contributed by atoms with Crippen molar-refractivity contribution < 1.29 is 4.79 Å². The molecule has 1 aromatic heterocycles. The Morgan fingerprint density at radius 2 is 1.96 bits per heavy atom. The predicted molar refractivity (Wildman–Crippen MR) is 93.4 cm³/mol. The van der Waals surface area contributed by atoms with Gasteiger partial charge in [-0.2, -0.15) is 0 Å². The molecule has 1 amide bonds. The molecule has 0 saturated heterocycles. The Hall–Kier alpha value is -1.98. The zero-order valence-corrected chi connectivity index (χ0v) is 14.1. The molecule has 1 saturated carbocycles. The van der Waals surface area contributed by atoms with Crippen molar-refractivity contribution in [2.24, 2.45) is 10.9 Å². The van der Waals surface area contributed by atoms with E-state index < -0.39 is 0 Å². The van der Waals surface area contributed by atoms with Gasteiger partial charge in [0, 0.05) is 51.0 Å². The maximum Gasteiger partial charge on any atom is 0.223 e. The van der Waals surface area contributed by atoms with Crippen molar-refractivity contribution in [3.8, 4) is 0 Å². The van der Waals surface area contributed by atoms with Crippen LogP contribution in [0.2, 0.25) is 0 Å². The molecule has 0 radical (unpaired) electrons. The zero-order valence-electron chi connectivity index (χ0n) is 14.1. The van der Waals surface area contributed by atoms with Crippen molar-refractivity contribution in [1.29, 1.82) is 0 Å². The smallest absolute Gasteiger partial charge is 0.223 e. The molecule has 0 aliphatic heterocycles. The lowest BCUT2D eigenvalue weighted by Crippen LogP contribution is -2.39. The van der Waals surface area contributed by atoms with Crippen molar-refractivity contribution in [2.75, 3.05) is 26.2 Å². The number of aromatic nitrogens is 1. The van der Waals surface area contributed by atoms with E-state index in [0.29, 0.717) is 13.1 Å². The summed E-state index contributed by atoms with van der Waals surface area (Å²) in [5.41, 5.74) is 0. The maximum absolute atomic E-state index is 11.7. The number of carbonyl (C=O) groups is 1. The maximum atomic E-state index is 11.7. The van der Waals surface area contributed by atoms with E-state index in [-0.39, 0.29) is 11.8 Å². The Balaban J connectivity index is 1.59. The fourth-order valence-electron chi connectivity index (χ4n) is 2.46. The molecule has 3 N–H and O–H groups in total. The van der Waals surface area contributed by atoms with E-state index in [0.717, 1.165) is 44.9 Å². The van der Waals surface area contributed by atoms with Crippen molar-refractivity contribution >= 4 is 11.9 Å². The number of rotatable bonds is 9. The van der Waals surface area contributed by atoms with Gasteiger partial charge in [-0.1, -0.05) is 6.42 Å². The second-order valence-corrected chi connectivity index (χ2v) is 5.88. The molecular weight excluding hydrogens is 290 g/mol. The van der Waals surface area contributed by atoms with Gasteiger partial charge in [0.05, 0.1) is 0 Å². The van der Waals surface area contributed by atoms with Gasteiger partial charge >= 0.3 is 0 Å². The van der Waals surface area contributed by atoms with E-state index in [1.807, 2.05) is 12.1 Å². The molecule has 0 aromatic carbocycles. The first-order valence-electron chi connectivity index (χ1n) is 8.70. The summed E-state index contributed by atoms with van der Waals surface area (Å²) in [6.45, 7) is 6.06. The largest absolute Gasteiger partial charge is 0.357 e. The molecule has 0 atom stereocenters. The highest BCUT2D eigenvalue weighted by atomic mass is 16.1. The normalized spacial score (nSPS) is 15.1. The first-order chi connectivity index (χ1) is 11.3. The van der Waals surface area contributed by atoms with E-state index in [1.165, 1.54) is 6.42 Å². The number of hydrogen-bond acceptors (Lipinski definition) is 2.